The summed E-state index contributed by atoms with van der Waals surface area (Å²) >= 11 is 0. The molecule has 3 nitrogen and oxygen atoms in total. The van der Waals surface area contributed by atoms with Gasteiger partial charge in [-0.05, 0) is 18.1 Å². The van der Waals surface area contributed by atoms with E-state index in [0.29, 0.717) is 6.54 Å². The van der Waals surface area contributed by atoms with E-state index < -0.39 is 0 Å². The molecule has 0 radical (unpaired) electrons. The highest BCUT2D eigenvalue weighted by Gasteiger charge is 1.97. The summed E-state index contributed by atoms with van der Waals surface area (Å²) in [4.78, 5) is 10.4. The maximum Gasteiger partial charge on any atom is 0.231 e. The van der Waals surface area contributed by atoms with E-state index in [1.165, 1.54) is 11.1 Å². The average Bonchev–Trinajstić information content (AvgIpc) is 2.08. The number of carbonyl (C=O) groups is 1. The zero-order chi connectivity index (χ0) is 9.68. The fourth-order valence-electron chi connectivity index (χ4n) is 1.13. The van der Waals surface area contributed by atoms with Gasteiger partial charge in [-0.3, -0.25) is 4.79 Å². The number of nitrogens with two attached hydrogens (primary N) is 1. The Morgan fingerprint density at radius 2 is 2.15 bits per heavy atom. The van der Waals surface area contributed by atoms with Gasteiger partial charge in [0.2, 0.25) is 5.91 Å². The van der Waals surface area contributed by atoms with Gasteiger partial charge in [-0.15, -0.1) is 0 Å². The molecule has 0 saturated carbocycles. The largest absolute Gasteiger partial charge is 0.369 e. The molecule has 0 aromatic heterocycles. The summed E-state index contributed by atoms with van der Waals surface area (Å²) < 4.78 is 0. The Morgan fingerprint density at radius 3 is 2.77 bits per heavy atom. The zero-order valence-electron chi connectivity index (χ0n) is 7.71. The Balaban J connectivity index is 2.45. The number of rotatable bonds is 4. The van der Waals surface area contributed by atoms with Crippen molar-refractivity contribution in [2.24, 2.45) is 5.73 Å². The number of hydrogen-bond acceptors (Lipinski definition) is 2. The summed E-state index contributed by atoms with van der Waals surface area (Å²) in [6.07, 6.45) is 0. The van der Waals surface area contributed by atoms with Crippen LogP contribution in [-0.4, -0.2) is 12.5 Å². The van der Waals surface area contributed by atoms with Crippen molar-refractivity contribution in [1.82, 2.24) is 5.32 Å². The fraction of sp³-hybridized carbons (Fsp3) is 0.300. The first-order chi connectivity index (χ1) is 6.20. The van der Waals surface area contributed by atoms with Gasteiger partial charge in [0, 0.05) is 6.54 Å². The van der Waals surface area contributed by atoms with Gasteiger partial charge in [-0.25, -0.2) is 0 Å². The predicted octanol–water partition coefficient (Wildman–Crippen LogP) is 0.570. The molecule has 3 N–H and O–H groups in total. The van der Waals surface area contributed by atoms with E-state index >= 15 is 0 Å². The molecular formula is C10H14N2O. The maximum absolute atomic E-state index is 10.4. The topological polar surface area (TPSA) is 55.1 Å². The number of aryl methyl sites for hydroxylation is 1. The Labute approximate surface area is 77.9 Å². The molecule has 70 valence electrons. The molecule has 3 heteroatoms. The highest BCUT2D eigenvalue weighted by molar-refractivity contribution is 5.75. The minimum Gasteiger partial charge on any atom is -0.369 e. The number of hydrogen-bond donors (Lipinski definition) is 2. The van der Waals surface area contributed by atoms with Crippen molar-refractivity contribution in [2.45, 2.75) is 13.5 Å². The first kappa shape index (κ1) is 9.74. The number of primary amides is 1. The molecule has 0 aliphatic carbocycles. The smallest absolute Gasteiger partial charge is 0.231 e. The molecule has 0 saturated heterocycles. The van der Waals surface area contributed by atoms with Crippen LogP contribution in [0.3, 0.4) is 0 Å². The van der Waals surface area contributed by atoms with Gasteiger partial charge in [0.15, 0.2) is 0 Å². The van der Waals surface area contributed by atoms with E-state index in [1.54, 1.807) is 0 Å². The van der Waals surface area contributed by atoms with Gasteiger partial charge in [0.25, 0.3) is 0 Å². The summed E-state index contributed by atoms with van der Waals surface area (Å²) in [5.41, 5.74) is 7.41. The van der Waals surface area contributed by atoms with Crippen molar-refractivity contribution in [3.63, 3.8) is 0 Å². The third kappa shape index (κ3) is 3.25. The normalized spacial score (nSPS) is 9.92. The standard InChI is InChI=1S/C10H14N2O/c1-8-4-2-3-5-9(8)6-12-7-10(11)13/h2-5,12H,6-7H2,1H3,(H2,11,13). The SMILES string of the molecule is Cc1ccccc1CNCC(N)=O. The van der Waals surface area contributed by atoms with Crippen LogP contribution < -0.4 is 11.1 Å². The fourth-order valence-corrected chi connectivity index (χ4v) is 1.13. The van der Waals surface area contributed by atoms with E-state index in [-0.39, 0.29) is 12.5 Å². The average molecular weight is 178 g/mol. The molecule has 0 heterocycles. The molecule has 1 rings (SSSR count). The summed E-state index contributed by atoms with van der Waals surface area (Å²) in [6, 6.07) is 8.05. The molecule has 0 atom stereocenters. The van der Waals surface area contributed by atoms with E-state index in [1.807, 2.05) is 31.2 Å². The number of nitrogens with one attached hydrogen (secondary N) is 1. The lowest BCUT2D eigenvalue weighted by atomic mass is 10.1. The number of amides is 1. The summed E-state index contributed by atoms with van der Waals surface area (Å²) in [5.74, 6) is -0.325. The summed E-state index contributed by atoms with van der Waals surface area (Å²) in [5, 5.41) is 2.97. The molecule has 0 bridgehead atoms. The Morgan fingerprint density at radius 1 is 1.46 bits per heavy atom. The Kier molecular flexibility index (Phi) is 3.46. The maximum atomic E-state index is 10.4. The van der Waals surface area contributed by atoms with Crippen LogP contribution in [0.2, 0.25) is 0 Å². The second-order valence-corrected chi connectivity index (χ2v) is 3.00. The first-order valence-electron chi connectivity index (χ1n) is 4.23. The van der Waals surface area contributed by atoms with Gasteiger partial charge in [-0.1, -0.05) is 24.3 Å². The zero-order valence-corrected chi connectivity index (χ0v) is 7.71. The van der Waals surface area contributed by atoms with Crippen molar-refractivity contribution in [3.8, 4) is 0 Å². The van der Waals surface area contributed by atoms with Crippen LogP contribution in [0.5, 0.6) is 0 Å². The first-order valence-corrected chi connectivity index (χ1v) is 4.23. The van der Waals surface area contributed by atoms with Crippen LogP contribution in [0.15, 0.2) is 24.3 Å². The highest BCUT2D eigenvalue weighted by atomic mass is 16.1. The van der Waals surface area contributed by atoms with Gasteiger partial charge in [0.05, 0.1) is 6.54 Å². The minimum atomic E-state index is -0.325. The third-order valence-corrected chi connectivity index (χ3v) is 1.88. The van der Waals surface area contributed by atoms with E-state index in [2.05, 4.69) is 5.32 Å². The second-order valence-electron chi connectivity index (χ2n) is 3.00. The van der Waals surface area contributed by atoms with Gasteiger partial charge >= 0.3 is 0 Å². The third-order valence-electron chi connectivity index (χ3n) is 1.88. The van der Waals surface area contributed by atoms with Crippen LogP contribution in [-0.2, 0) is 11.3 Å². The molecule has 0 unspecified atom stereocenters. The lowest BCUT2D eigenvalue weighted by Crippen LogP contribution is -2.28. The van der Waals surface area contributed by atoms with Gasteiger partial charge in [-0.2, -0.15) is 0 Å². The van der Waals surface area contributed by atoms with Gasteiger partial charge in [0.1, 0.15) is 0 Å². The predicted molar refractivity (Wildman–Crippen MR) is 52.1 cm³/mol. The van der Waals surface area contributed by atoms with E-state index in [9.17, 15) is 4.79 Å². The van der Waals surface area contributed by atoms with E-state index in [4.69, 9.17) is 5.73 Å². The van der Waals surface area contributed by atoms with Crippen LogP contribution in [0.4, 0.5) is 0 Å². The number of carbonyl (C=O) groups excluding carboxylic acids is 1. The molecule has 0 aliphatic rings. The molecule has 13 heavy (non-hydrogen) atoms. The molecule has 0 aliphatic heterocycles. The lowest BCUT2D eigenvalue weighted by Gasteiger charge is -2.05. The highest BCUT2D eigenvalue weighted by Crippen LogP contribution is 2.05. The van der Waals surface area contributed by atoms with Crippen molar-refractivity contribution in [3.05, 3.63) is 35.4 Å². The Hall–Kier alpha value is -1.35. The monoisotopic (exact) mass is 178 g/mol. The van der Waals surface area contributed by atoms with Crippen LogP contribution in [0.1, 0.15) is 11.1 Å². The minimum absolute atomic E-state index is 0.230. The summed E-state index contributed by atoms with van der Waals surface area (Å²) in [6.45, 7) is 2.96. The van der Waals surface area contributed by atoms with Crippen LogP contribution in [0, 0.1) is 6.92 Å². The van der Waals surface area contributed by atoms with E-state index in [0.717, 1.165) is 0 Å². The van der Waals surface area contributed by atoms with Crippen LogP contribution in [0.25, 0.3) is 0 Å². The molecule has 0 fully saturated rings. The molecule has 1 amide bonds. The second kappa shape index (κ2) is 4.62. The van der Waals surface area contributed by atoms with Crippen molar-refractivity contribution >= 4 is 5.91 Å². The number of benzene rings is 1. The Bertz CT molecular complexity index is 297. The molecular weight excluding hydrogens is 164 g/mol. The van der Waals surface area contributed by atoms with Crippen molar-refractivity contribution in [2.75, 3.05) is 6.54 Å². The van der Waals surface area contributed by atoms with Crippen molar-refractivity contribution < 1.29 is 4.79 Å². The van der Waals surface area contributed by atoms with Crippen molar-refractivity contribution in [1.29, 1.82) is 0 Å². The van der Waals surface area contributed by atoms with Crippen LogP contribution >= 0.6 is 0 Å². The molecule has 1 aromatic carbocycles. The molecule has 0 spiro atoms. The quantitative estimate of drug-likeness (QED) is 0.708. The van der Waals surface area contributed by atoms with Gasteiger partial charge < -0.3 is 11.1 Å². The summed E-state index contributed by atoms with van der Waals surface area (Å²) in [7, 11) is 0. The molecule has 1 aromatic rings. The lowest BCUT2D eigenvalue weighted by molar-refractivity contribution is -0.117.